The highest BCUT2D eigenvalue weighted by atomic mass is 35.5. The molecule has 5 heteroatoms. The van der Waals surface area contributed by atoms with Crippen LogP contribution in [0.4, 0.5) is 0 Å². The van der Waals surface area contributed by atoms with E-state index in [1.54, 1.807) is 11.8 Å². The molecule has 1 fully saturated rings. The van der Waals surface area contributed by atoms with Gasteiger partial charge in [-0.05, 0) is 66.6 Å². The molecular weight excluding hydrogens is 376 g/mol. The van der Waals surface area contributed by atoms with E-state index in [9.17, 15) is 4.79 Å². The van der Waals surface area contributed by atoms with Crippen molar-refractivity contribution in [2.24, 2.45) is 22.9 Å². The molecule has 0 aliphatic heterocycles. The largest absolute Gasteiger partial charge is 0.271 e. The highest BCUT2D eigenvalue weighted by Crippen LogP contribution is 2.42. The number of nitrogens with one attached hydrogen (secondary N) is 1. The van der Waals surface area contributed by atoms with Crippen LogP contribution in [0.5, 0.6) is 0 Å². The molecular formula is C22H21ClN2OS. The molecule has 3 nitrogen and oxygen atoms in total. The molecule has 2 aliphatic rings. The highest BCUT2D eigenvalue weighted by molar-refractivity contribution is 7.98. The van der Waals surface area contributed by atoms with E-state index in [-0.39, 0.29) is 5.91 Å². The third-order valence-electron chi connectivity index (χ3n) is 5.20. The van der Waals surface area contributed by atoms with Crippen LogP contribution < -0.4 is 5.43 Å². The number of amides is 1. The maximum atomic E-state index is 12.2. The Labute approximate surface area is 168 Å². The van der Waals surface area contributed by atoms with Crippen LogP contribution in [-0.4, -0.2) is 12.1 Å². The first-order chi connectivity index (χ1) is 13.2. The standard InChI is InChI=1S/C22H21ClN2OS/c23-20-7-9-21(10-8-20)27-14-15-1-4-17(5-2-15)22(26)25-24-13-19-12-16-3-6-18(19)11-16/h1-10,13,16,18-19H,11-12,14H2,(H,25,26)/b24-13+. The lowest BCUT2D eigenvalue weighted by Crippen LogP contribution is -2.19. The average molecular weight is 397 g/mol. The van der Waals surface area contributed by atoms with Gasteiger partial charge >= 0.3 is 0 Å². The lowest BCUT2D eigenvalue weighted by molar-refractivity contribution is 0.0955. The van der Waals surface area contributed by atoms with Gasteiger partial charge in [0.25, 0.3) is 5.91 Å². The molecule has 3 atom stereocenters. The fourth-order valence-electron chi connectivity index (χ4n) is 3.70. The lowest BCUT2D eigenvalue weighted by atomic mass is 9.95. The van der Waals surface area contributed by atoms with E-state index >= 15 is 0 Å². The summed E-state index contributed by atoms with van der Waals surface area (Å²) < 4.78 is 0. The van der Waals surface area contributed by atoms with Gasteiger partial charge in [0.2, 0.25) is 0 Å². The molecule has 1 saturated carbocycles. The summed E-state index contributed by atoms with van der Waals surface area (Å²) in [4.78, 5) is 13.4. The minimum atomic E-state index is -0.165. The van der Waals surface area contributed by atoms with Gasteiger partial charge in [-0.15, -0.1) is 11.8 Å². The highest BCUT2D eigenvalue weighted by Gasteiger charge is 2.34. The number of halogens is 1. The zero-order chi connectivity index (χ0) is 18.6. The molecule has 0 radical (unpaired) electrons. The second-order valence-electron chi connectivity index (χ2n) is 7.10. The fraction of sp³-hybridized carbons (Fsp3) is 0.273. The maximum absolute atomic E-state index is 12.2. The van der Waals surface area contributed by atoms with Crippen molar-refractivity contribution in [3.8, 4) is 0 Å². The number of rotatable bonds is 6. The molecule has 2 aromatic rings. The Bertz CT molecular complexity index is 861. The number of hydrogen-bond donors (Lipinski definition) is 1. The number of nitrogens with zero attached hydrogens (tertiary/aromatic N) is 1. The Morgan fingerprint density at radius 1 is 1.11 bits per heavy atom. The van der Waals surface area contributed by atoms with Gasteiger partial charge in [0.15, 0.2) is 0 Å². The molecule has 0 spiro atoms. The van der Waals surface area contributed by atoms with Crippen molar-refractivity contribution in [1.29, 1.82) is 0 Å². The van der Waals surface area contributed by atoms with Gasteiger partial charge < -0.3 is 0 Å². The van der Waals surface area contributed by atoms with Crippen LogP contribution in [-0.2, 0) is 5.75 Å². The zero-order valence-corrected chi connectivity index (χ0v) is 16.4. The van der Waals surface area contributed by atoms with E-state index in [4.69, 9.17) is 11.6 Å². The number of hydrogen-bond acceptors (Lipinski definition) is 3. The van der Waals surface area contributed by atoms with Crippen molar-refractivity contribution in [3.63, 3.8) is 0 Å². The fourth-order valence-corrected chi connectivity index (χ4v) is 4.68. The van der Waals surface area contributed by atoms with Crippen LogP contribution in [0.25, 0.3) is 0 Å². The number of fused-ring (bicyclic) bond motifs is 2. The molecule has 3 unspecified atom stereocenters. The Balaban J connectivity index is 1.27. The Morgan fingerprint density at radius 2 is 1.89 bits per heavy atom. The van der Waals surface area contributed by atoms with Gasteiger partial charge in [-0.25, -0.2) is 5.43 Å². The quantitative estimate of drug-likeness (QED) is 0.300. The summed E-state index contributed by atoms with van der Waals surface area (Å²) in [7, 11) is 0. The third kappa shape index (κ3) is 4.63. The van der Waals surface area contributed by atoms with Crippen LogP contribution in [0.1, 0.15) is 28.8 Å². The molecule has 138 valence electrons. The molecule has 0 aromatic heterocycles. The Morgan fingerprint density at radius 3 is 2.56 bits per heavy atom. The summed E-state index contributed by atoms with van der Waals surface area (Å²) in [5, 5.41) is 4.93. The molecule has 4 rings (SSSR count). The van der Waals surface area contributed by atoms with Crippen LogP contribution in [0.15, 0.2) is 70.7 Å². The molecule has 1 amide bonds. The molecule has 2 aliphatic carbocycles. The lowest BCUT2D eigenvalue weighted by Gasteiger charge is -2.11. The first-order valence-corrected chi connectivity index (χ1v) is 10.5. The molecule has 27 heavy (non-hydrogen) atoms. The van der Waals surface area contributed by atoms with Crippen LogP contribution in [0, 0.1) is 17.8 Å². The predicted octanol–water partition coefficient (Wildman–Crippen LogP) is 5.56. The molecule has 1 N–H and O–H groups in total. The van der Waals surface area contributed by atoms with Crippen molar-refractivity contribution < 1.29 is 4.79 Å². The minimum absolute atomic E-state index is 0.165. The van der Waals surface area contributed by atoms with Gasteiger partial charge in [0.05, 0.1) is 0 Å². The summed E-state index contributed by atoms with van der Waals surface area (Å²) in [6.45, 7) is 0. The van der Waals surface area contributed by atoms with E-state index in [1.807, 2.05) is 54.7 Å². The number of thioether (sulfide) groups is 1. The number of allylic oxidation sites excluding steroid dienone is 2. The monoisotopic (exact) mass is 396 g/mol. The number of hydrazone groups is 1. The third-order valence-corrected chi connectivity index (χ3v) is 6.53. The van der Waals surface area contributed by atoms with Crippen LogP contribution >= 0.6 is 23.4 Å². The zero-order valence-electron chi connectivity index (χ0n) is 14.8. The minimum Gasteiger partial charge on any atom is -0.267 e. The summed E-state index contributed by atoms with van der Waals surface area (Å²) in [5.41, 5.74) is 4.45. The van der Waals surface area contributed by atoms with Gasteiger partial charge in [0.1, 0.15) is 0 Å². The topological polar surface area (TPSA) is 41.5 Å². The van der Waals surface area contributed by atoms with E-state index in [2.05, 4.69) is 22.7 Å². The SMILES string of the molecule is O=C(N/N=C/C1CC2C=CC1C2)c1ccc(CSc2ccc(Cl)cc2)cc1. The first-order valence-electron chi connectivity index (χ1n) is 9.16. The second kappa shape index (κ2) is 8.32. The van der Waals surface area contributed by atoms with Gasteiger partial charge in [-0.3, -0.25) is 4.79 Å². The number of carbonyl (C=O) groups is 1. The van der Waals surface area contributed by atoms with Crippen molar-refractivity contribution in [2.75, 3.05) is 0 Å². The van der Waals surface area contributed by atoms with Crippen molar-refractivity contribution >= 4 is 35.5 Å². The van der Waals surface area contributed by atoms with E-state index in [1.165, 1.54) is 16.9 Å². The van der Waals surface area contributed by atoms with Crippen molar-refractivity contribution in [3.05, 3.63) is 76.8 Å². The van der Waals surface area contributed by atoms with E-state index in [0.717, 1.165) is 17.2 Å². The van der Waals surface area contributed by atoms with Crippen LogP contribution in [0.3, 0.4) is 0 Å². The first kappa shape index (κ1) is 18.3. The molecule has 2 bridgehead atoms. The van der Waals surface area contributed by atoms with E-state index in [0.29, 0.717) is 23.3 Å². The maximum Gasteiger partial charge on any atom is 0.271 e. The number of carbonyl (C=O) groups excluding carboxylic acids is 1. The normalized spacial score (nSPS) is 23.2. The van der Waals surface area contributed by atoms with E-state index < -0.39 is 0 Å². The Kier molecular flexibility index (Phi) is 5.65. The number of benzene rings is 2. The van der Waals surface area contributed by atoms with Gasteiger partial charge in [0, 0.05) is 33.4 Å². The summed E-state index contributed by atoms with van der Waals surface area (Å²) in [5.74, 6) is 2.46. The molecule has 2 aromatic carbocycles. The predicted molar refractivity (Wildman–Crippen MR) is 112 cm³/mol. The summed E-state index contributed by atoms with van der Waals surface area (Å²) >= 11 is 7.65. The van der Waals surface area contributed by atoms with Gasteiger partial charge in [-0.1, -0.05) is 35.9 Å². The Hall–Kier alpha value is -2.04. The van der Waals surface area contributed by atoms with Crippen molar-refractivity contribution in [1.82, 2.24) is 5.43 Å². The van der Waals surface area contributed by atoms with Gasteiger partial charge in [-0.2, -0.15) is 5.10 Å². The summed E-state index contributed by atoms with van der Waals surface area (Å²) in [6, 6.07) is 15.5. The van der Waals surface area contributed by atoms with Crippen LogP contribution in [0.2, 0.25) is 5.02 Å². The average Bonchev–Trinajstić information content (AvgIpc) is 3.31. The van der Waals surface area contributed by atoms with Crippen molar-refractivity contribution in [2.45, 2.75) is 23.5 Å². The summed E-state index contributed by atoms with van der Waals surface area (Å²) in [6.07, 6.45) is 8.89. The molecule has 0 saturated heterocycles. The second-order valence-corrected chi connectivity index (χ2v) is 8.59. The smallest absolute Gasteiger partial charge is 0.267 e. The molecule has 0 heterocycles.